The quantitative estimate of drug-likeness (QED) is 0.503. The molecule has 0 radical (unpaired) electrons. The molecule has 0 spiro atoms. The third-order valence-electron chi connectivity index (χ3n) is 4.12. The third kappa shape index (κ3) is 4.65. The minimum Gasteiger partial charge on any atom is -0.490 e. The Morgan fingerprint density at radius 2 is 1.75 bits per heavy atom. The molecular formula is C20H20N2O5S. The third-order valence-corrected chi connectivity index (χ3v) is 5.05. The molecule has 3 rings (SSSR count). The highest BCUT2D eigenvalue weighted by molar-refractivity contribution is 7.89. The fourth-order valence-corrected chi connectivity index (χ4v) is 3.21. The molecule has 0 saturated heterocycles. The van der Waals surface area contributed by atoms with Gasteiger partial charge in [-0.15, -0.1) is 0 Å². The molecule has 0 aliphatic rings. The topological polar surface area (TPSA) is 109 Å². The van der Waals surface area contributed by atoms with Gasteiger partial charge in [-0.3, -0.25) is 4.98 Å². The molecule has 7 nitrogen and oxygen atoms in total. The Labute approximate surface area is 163 Å². The number of aromatic nitrogens is 1. The molecule has 0 atom stereocenters. The maximum Gasteiger partial charge on any atom is 0.340 e. The number of hydrogen-bond donors (Lipinski definition) is 1. The van der Waals surface area contributed by atoms with Crippen LogP contribution in [0.25, 0.3) is 10.9 Å². The van der Waals surface area contributed by atoms with Crippen molar-refractivity contribution < 1.29 is 22.7 Å². The van der Waals surface area contributed by atoms with Gasteiger partial charge in [-0.25, -0.2) is 18.4 Å². The molecular weight excluding hydrogens is 380 g/mol. The summed E-state index contributed by atoms with van der Waals surface area (Å²) < 4.78 is 33.1. The minimum atomic E-state index is -3.74. The number of hydrogen-bond acceptors (Lipinski definition) is 6. The summed E-state index contributed by atoms with van der Waals surface area (Å²) in [6.07, 6.45) is 0. The first-order valence-electron chi connectivity index (χ1n) is 8.55. The average molecular weight is 400 g/mol. The van der Waals surface area contributed by atoms with Crippen LogP contribution in [0.15, 0.2) is 53.4 Å². The van der Waals surface area contributed by atoms with Gasteiger partial charge in [-0.05, 0) is 56.3 Å². The molecule has 2 N–H and O–H groups in total. The fourth-order valence-electron chi connectivity index (χ4n) is 2.70. The first-order chi connectivity index (χ1) is 13.2. The number of sulfonamides is 1. The second-order valence-electron chi connectivity index (χ2n) is 6.32. The van der Waals surface area contributed by atoms with E-state index in [1.807, 2.05) is 25.1 Å². The molecule has 0 amide bonds. The summed E-state index contributed by atoms with van der Waals surface area (Å²) >= 11 is 0. The lowest BCUT2D eigenvalue weighted by Gasteiger charge is -2.10. The maximum absolute atomic E-state index is 12.4. The Morgan fingerprint density at radius 3 is 2.43 bits per heavy atom. The highest BCUT2D eigenvalue weighted by atomic mass is 32.2. The Kier molecular flexibility index (Phi) is 5.62. The van der Waals surface area contributed by atoms with E-state index in [-0.39, 0.29) is 18.1 Å². The predicted octanol–water partition coefficient (Wildman–Crippen LogP) is 2.73. The largest absolute Gasteiger partial charge is 0.490 e. The Balaban J connectivity index is 1.58. The summed E-state index contributed by atoms with van der Waals surface area (Å²) in [5.74, 6) is -0.0240. The van der Waals surface area contributed by atoms with Crippen LogP contribution in [0.4, 0.5) is 0 Å². The van der Waals surface area contributed by atoms with Gasteiger partial charge < -0.3 is 9.47 Å². The van der Waals surface area contributed by atoms with Gasteiger partial charge in [0, 0.05) is 5.39 Å². The second-order valence-corrected chi connectivity index (χ2v) is 7.88. The number of ether oxygens (including phenoxy) is 2. The van der Waals surface area contributed by atoms with E-state index < -0.39 is 16.0 Å². The van der Waals surface area contributed by atoms with Crippen molar-refractivity contribution in [2.45, 2.75) is 18.7 Å². The van der Waals surface area contributed by atoms with Crippen LogP contribution in [0, 0.1) is 13.8 Å². The summed E-state index contributed by atoms with van der Waals surface area (Å²) in [6.45, 7) is 3.91. The molecule has 0 saturated carbocycles. The Bertz CT molecular complexity index is 1130. The van der Waals surface area contributed by atoms with Crippen LogP contribution >= 0.6 is 0 Å². The maximum atomic E-state index is 12.4. The molecule has 28 heavy (non-hydrogen) atoms. The van der Waals surface area contributed by atoms with Crippen molar-refractivity contribution in [3.05, 3.63) is 65.4 Å². The van der Waals surface area contributed by atoms with E-state index >= 15 is 0 Å². The van der Waals surface area contributed by atoms with E-state index in [2.05, 4.69) is 4.98 Å². The van der Waals surface area contributed by atoms with Crippen LogP contribution in [-0.4, -0.2) is 32.6 Å². The molecule has 1 heterocycles. The molecule has 0 fully saturated rings. The number of nitrogens with zero attached hydrogens (tertiary/aromatic N) is 1. The van der Waals surface area contributed by atoms with Crippen molar-refractivity contribution in [2.24, 2.45) is 5.14 Å². The number of esters is 1. The zero-order valence-corrected chi connectivity index (χ0v) is 16.3. The van der Waals surface area contributed by atoms with Crippen molar-refractivity contribution >= 4 is 26.9 Å². The fraction of sp³-hybridized carbons (Fsp3) is 0.200. The van der Waals surface area contributed by atoms with Crippen LogP contribution in [0.5, 0.6) is 5.75 Å². The molecule has 0 unspecified atom stereocenters. The predicted molar refractivity (Wildman–Crippen MR) is 105 cm³/mol. The lowest BCUT2D eigenvalue weighted by Crippen LogP contribution is -2.14. The van der Waals surface area contributed by atoms with Crippen LogP contribution < -0.4 is 9.88 Å². The van der Waals surface area contributed by atoms with Crippen molar-refractivity contribution in [3.63, 3.8) is 0 Å². The zero-order chi connectivity index (χ0) is 20.3. The van der Waals surface area contributed by atoms with Gasteiger partial charge in [0.1, 0.15) is 19.0 Å². The normalized spacial score (nSPS) is 11.4. The van der Waals surface area contributed by atoms with E-state index in [1.165, 1.54) is 24.3 Å². The van der Waals surface area contributed by atoms with Crippen molar-refractivity contribution in [3.8, 4) is 5.75 Å². The molecule has 0 bridgehead atoms. The van der Waals surface area contributed by atoms with Crippen LogP contribution in [0.3, 0.4) is 0 Å². The average Bonchev–Trinajstić information content (AvgIpc) is 2.64. The van der Waals surface area contributed by atoms with Crippen LogP contribution in [-0.2, 0) is 14.8 Å². The van der Waals surface area contributed by atoms with Gasteiger partial charge in [0.15, 0.2) is 0 Å². The number of benzene rings is 2. The zero-order valence-electron chi connectivity index (χ0n) is 15.5. The molecule has 3 aromatic rings. The number of carbonyl (C=O) groups is 1. The molecule has 0 aliphatic heterocycles. The van der Waals surface area contributed by atoms with Gasteiger partial charge in [0.05, 0.1) is 21.7 Å². The number of fused-ring (bicyclic) bond motifs is 1. The van der Waals surface area contributed by atoms with Gasteiger partial charge in [-0.1, -0.05) is 11.6 Å². The van der Waals surface area contributed by atoms with Crippen molar-refractivity contribution in [1.29, 1.82) is 0 Å². The molecule has 1 aromatic heterocycles. The molecule has 8 heteroatoms. The lowest BCUT2D eigenvalue weighted by molar-refractivity contribution is 0.0449. The minimum absolute atomic E-state index is 0.000735. The summed E-state index contributed by atoms with van der Waals surface area (Å²) in [4.78, 5) is 16.8. The van der Waals surface area contributed by atoms with Crippen molar-refractivity contribution in [1.82, 2.24) is 4.98 Å². The highest BCUT2D eigenvalue weighted by Gasteiger charge is 2.13. The smallest absolute Gasteiger partial charge is 0.340 e. The number of nitrogens with two attached hydrogens (primary N) is 1. The van der Waals surface area contributed by atoms with Gasteiger partial charge >= 0.3 is 5.97 Å². The monoisotopic (exact) mass is 400 g/mol. The van der Waals surface area contributed by atoms with E-state index in [0.29, 0.717) is 17.0 Å². The Morgan fingerprint density at radius 1 is 1.04 bits per heavy atom. The van der Waals surface area contributed by atoms with E-state index in [9.17, 15) is 13.2 Å². The lowest BCUT2D eigenvalue weighted by atomic mass is 10.1. The molecule has 0 aliphatic carbocycles. The number of aryl methyl sites for hydroxylation is 2. The van der Waals surface area contributed by atoms with Gasteiger partial charge in [-0.2, -0.15) is 0 Å². The summed E-state index contributed by atoms with van der Waals surface area (Å²) in [7, 11) is -3.74. The molecule has 2 aromatic carbocycles. The second kappa shape index (κ2) is 7.95. The number of rotatable bonds is 6. The summed E-state index contributed by atoms with van der Waals surface area (Å²) in [5, 5.41) is 5.92. The van der Waals surface area contributed by atoms with Crippen LogP contribution in [0.1, 0.15) is 21.6 Å². The Hall–Kier alpha value is -2.97. The summed E-state index contributed by atoms with van der Waals surface area (Å²) in [6, 6.07) is 13.3. The van der Waals surface area contributed by atoms with E-state index in [4.69, 9.17) is 14.6 Å². The molecule has 146 valence electrons. The highest BCUT2D eigenvalue weighted by Crippen LogP contribution is 2.19. The summed E-state index contributed by atoms with van der Waals surface area (Å²) in [5.41, 5.74) is 2.92. The van der Waals surface area contributed by atoms with Gasteiger partial charge in [0.25, 0.3) is 0 Å². The van der Waals surface area contributed by atoms with Crippen LogP contribution in [0.2, 0.25) is 0 Å². The SMILES string of the molecule is Cc1ccc2nc(C)c(C(=O)OCCOc3ccc(S(N)(=O)=O)cc3)cc2c1. The van der Waals surface area contributed by atoms with E-state index in [0.717, 1.165) is 16.5 Å². The first-order valence-corrected chi connectivity index (χ1v) is 10.1. The standard InChI is InChI=1S/C20H20N2O5S/c1-13-3-8-19-15(11-13)12-18(14(2)22-19)20(23)27-10-9-26-16-4-6-17(7-5-16)28(21,24)25/h3-8,11-12H,9-10H2,1-2H3,(H2,21,24,25). The first kappa shape index (κ1) is 19.8. The van der Waals surface area contributed by atoms with E-state index in [1.54, 1.807) is 13.0 Å². The number of carbonyl (C=O) groups excluding carboxylic acids is 1. The number of pyridine rings is 1. The van der Waals surface area contributed by atoms with Gasteiger partial charge in [0.2, 0.25) is 10.0 Å². The van der Waals surface area contributed by atoms with Crippen molar-refractivity contribution in [2.75, 3.05) is 13.2 Å². The number of primary sulfonamides is 1.